The summed E-state index contributed by atoms with van der Waals surface area (Å²) in [6, 6.07) is 4.40. The number of halogens is 1. The SMILES string of the molecule is CO[C@@H]1CCCN(C(=O)Nc2ccc(C(N)=O)c(Cl)c2)C1. The summed E-state index contributed by atoms with van der Waals surface area (Å²) in [5, 5.41) is 2.97. The maximum atomic E-state index is 12.2. The molecule has 0 bridgehead atoms. The number of rotatable bonds is 3. The molecule has 0 spiro atoms. The number of nitrogens with two attached hydrogens (primary N) is 1. The van der Waals surface area contributed by atoms with Crippen LogP contribution in [0.5, 0.6) is 0 Å². The number of amides is 3. The molecule has 114 valence electrons. The first-order valence-corrected chi connectivity index (χ1v) is 7.07. The van der Waals surface area contributed by atoms with Crippen molar-refractivity contribution < 1.29 is 14.3 Å². The number of urea groups is 1. The van der Waals surface area contributed by atoms with Crippen molar-refractivity contribution in [3.63, 3.8) is 0 Å². The number of nitrogens with zero attached hydrogens (tertiary/aromatic N) is 1. The molecule has 2 rings (SSSR count). The Morgan fingerprint density at radius 3 is 2.86 bits per heavy atom. The van der Waals surface area contributed by atoms with E-state index < -0.39 is 5.91 Å². The number of carbonyl (C=O) groups is 2. The second-order valence-electron chi connectivity index (χ2n) is 4.93. The van der Waals surface area contributed by atoms with E-state index in [1.165, 1.54) is 12.1 Å². The van der Waals surface area contributed by atoms with Crippen molar-refractivity contribution >= 4 is 29.2 Å². The Morgan fingerprint density at radius 1 is 1.48 bits per heavy atom. The molecule has 6 nitrogen and oxygen atoms in total. The number of nitrogens with one attached hydrogen (secondary N) is 1. The van der Waals surface area contributed by atoms with Crippen molar-refractivity contribution in [3.05, 3.63) is 28.8 Å². The normalized spacial score (nSPS) is 18.4. The molecule has 0 aromatic heterocycles. The predicted octanol–water partition coefficient (Wildman–Crippen LogP) is 2.08. The lowest BCUT2D eigenvalue weighted by Crippen LogP contribution is -2.44. The molecule has 1 aliphatic rings. The van der Waals surface area contributed by atoms with Crippen molar-refractivity contribution in [1.29, 1.82) is 0 Å². The third-order valence-corrected chi connectivity index (χ3v) is 3.80. The van der Waals surface area contributed by atoms with Gasteiger partial charge in [0.15, 0.2) is 0 Å². The van der Waals surface area contributed by atoms with E-state index in [0.717, 1.165) is 12.8 Å². The lowest BCUT2D eigenvalue weighted by Gasteiger charge is -2.31. The Kier molecular flexibility index (Phi) is 5.03. The van der Waals surface area contributed by atoms with E-state index in [2.05, 4.69) is 5.32 Å². The standard InChI is InChI=1S/C14H18ClN3O3/c1-21-10-3-2-6-18(8-10)14(20)17-9-4-5-11(13(16)19)12(15)7-9/h4-5,7,10H,2-3,6,8H2,1H3,(H2,16,19)(H,17,20)/t10-/m1/s1. The van der Waals surface area contributed by atoms with E-state index in [4.69, 9.17) is 22.1 Å². The number of primary amides is 1. The molecule has 7 heteroatoms. The van der Waals surface area contributed by atoms with E-state index in [1.54, 1.807) is 18.1 Å². The first kappa shape index (κ1) is 15.6. The van der Waals surface area contributed by atoms with E-state index >= 15 is 0 Å². The maximum absolute atomic E-state index is 12.2. The van der Waals surface area contributed by atoms with E-state index in [-0.39, 0.29) is 22.7 Å². The van der Waals surface area contributed by atoms with Gasteiger partial charge in [0.1, 0.15) is 0 Å². The number of hydrogen-bond donors (Lipinski definition) is 2. The molecule has 1 atom stereocenters. The van der Waals surface area contributed by atoms with Crippen LogP contribution >= 0.6 is 11.6 Å². The van der Waals surface area contributed by atoms with Crippen molar-refractivity contribution in [3.8, 4) is 0 Å². The van der Waals surface area contributed by atoms with Crippen LogP contribution in [0.2, 0.25) is 5.02 Å². The van der Waals surface area contributed by atoms with E-state index in [1.807, 2.05) is 0 Å². The van der Waals surface area contributed by atoms with Crippen LogP contribution in [0.1, 0.15) is 23.2 Å². The highest BCUT2D eigenvalue weighted by atomic mass is 35.5. The number of likely N-dealkylation sites (tertiary alicyclic amines) is 1. The summed E-state index contributed by atoms with van der Waals surface area (Å²) in [7, 11) is 1.65. The summed E-state index contributed by atoms with van der Waals surface area (Å²) in [6.07, 6.45) is 1.94. The van der Waals surface area contributed by atoms with Crippen molar-refractivity contribution in [2.45, 2.75) is 18.9 Å². The average Bonchev–Trinajstić information content (AvgIpc) is 2.47. The fourth-order valence-corrected chi connectivity index (χ4v) is 2.58. The topological polar surface area (TPSA) is 84.7 Å². The van der Waals surface area contributed by atoms with Crippen LogP contribution < -0.4 is 11.1 Å². The van der Waals surface area contributed by atoms with E-state index in [0.29, 0.717) is 18.8 Å². The minimum atomic E-state index is -0.600. The van der Waals surface area contributed by atoms with Gasteiger partial charge in [-0.3, -0.25) is 4.79 Å². The first-order chi connectivity index (χ1) is 10.0. The lowest BCUT2D eigenvalue weighted by molar-refractivity contribution is 0.0458. The molecule has 0 radical (unpaired) electrons. The molecule has 21 heavy (non-hydrogen) atoms. The van der Waals surface area contributed by atoms with Crippen LogP contribution in [0.3, 0.4) is 0 Å². The van der Waals surface area contributed by atoms with Gasteiger partial charge in [-0.2, -0.15) is 0 Å². The van der Waals surface area contributed by atoms with Crippen LogP contribution in [0, 0.1) is 0 Å². The molecule has 0 unspecified atom stereocenters. The highest BCUT2D eigenvalue weighted by molar-refractivity contribution is 6.34. The van der Waals surface area contributed by atoms with Crippen LogP contribution in [0.4, 0.5) is 10.5 Å². The monoisotopic (exact) mass is 311 g/mol. The Balaban J connectivity index is 2.02. The van der Waals surface area contributed by atoms with Crippen molar-refractivity contribution in [2.24, 2.45) is 5.73 Å². The molecule has 1 aromatic rings. The van der Waals surface area contributed by atoms with Crippen LogP contribution in [-0.4, -0.2) is 43.1 Å². The van der Waals surface area contributed by atoms with Gasteiger partial charge in [-0.25, -0.2) is 4.79 Å². The summed E-state index contributed by atoms with van der Waals surface area (Å²) in [6.45, 7) is 1.26. The number of hydrogen-bond acceptors (Lipinski definition) is 3. The minimum Gasteiger partial charge on any atom is -0.380 e. The molecule has 3 amide bonds. The van der Waals surface area contributed by atoms with Crippen molar-refractivity contribution in [1.82, 2.24) is 4.90 Å². The molecule has 1 saturated heterocycles. The zero-order valence-corrected chi connectivity index (χ0v) is 12.5. The van der Waals surface area contributed by atoms with Crippen LogP contribution in [0.25, 0.3) is 0 Å². The summed E-state index contributed by atoms with van der Waals surface area (Å²) in [4.78, 5) is 25.0. The smallest absolute Gasteiger partial charge is 0.321 e. The molecule has 0 aliphatic carbocycles. The number of benzene rings is 1. The summed E-state index contributed by atoms with van der Waals surface area (Å²) >= 11 is 5.95. The van der Waals surface area contributed by atoms with Crippen LogP contribution in [0.15, 0.2) is 18.2 Å². The first-order valence-electron chi connectivity index (χ1n) is 6.69. The number of carbonyl (C=O) groups excluding carboxylic acids is 2. The molecular weight excluding hydrogens is 294 g/mol. The quantitative estimate of drug-likeness (QED) is 0.896. The molecule has 1 aliphatic heterocycles. The summed E-state index contributed by atoms with van der Waals surface area (Å²) < 4.78 is 5.29. The Labute approximate surface area is 128 Å². The number of anilines is 1. The summed E-state index contributed by atoms with van der Waals surface area (Å²) in [5.74, 6) is -0.600. The number of piperidine rings is 1. The predicted molar refractivity (Wildman–Crippen MR) is 80.6 cm³/mol. The number of ether oxygens (including phenoxy) is 1. The van der Waals surface area contributed by atoms with Gasteiger partial charge in [0.2, 0.25) is 5.91 Å². The Hall–Kier alpha value is -1.79. The zero-order valence-electron chi connectivity index (χ0n) is 11.8. The second kappa shape index (κ2) is 6.78. The second-order valence-corrected chi connectivity index (χ2v) is 5.34. The third kappa shape index (κ3) is 3.86. The van der Waals surface area contributed by atoms with Gasteiger partial charge in [0.05, 0.1) is 16.7 Å². The van der Waals surface area contributed by atoms with Gasteiger partial charge < -0.3 is 20.7 Å². The molecule has 0 saturated carbocycles. The van der Waals surface area contributed by atoms with E-state index in [9.17, 15) is 9.59 Å². The largest absolute Gasteiger partial charge is 0.380 e. The molecule has 1 heterocycles. The molecule has 3 N–H and O–H groups in total. The molecule has 1 fully saturated rings. The highest BCUT2D eigenvalue weighted by Crippen LogP contribution is 2.21. The van der Waals surface area contributed by atoms with Crippen molar-refractivity contribution in [2.75, 3.05) is 25.5 Å². The lowest BCUT2D eigenvalue weighted by atomic mass is 10.1. The third-order valence-electron chi connectivity index (χ3n) is 3.48. The summed E-state index contributed by atoms with van der Waals surface area (Å²) in [5.41, 5.74) is 5.93. The fraction of sp³-hybridized carbons (Fsp3) is 0.429. The highest BCUT2D eigenvalue weighted by Gasteiger charge is 2.23. The van der Waals surface area contributed by atoms with Gasteiger partial charge in [-0.05, 0) is 31.0 Å². The van der Waals surface area contributed by atoms with Gasteiger partial charge in [-0.15, -0.1) is 0 Å². The number of methoxy groups -OCH3 is 1. The molecular formula is C14H18ClN3O3. The zero-order chi connectivity index (χ0) is 15.4. The fourth-order valence-electron chi connectivity index (χ4n) is 2.31. The van der Waals surface area contributed by atoms with Gasteiger partial charge >= 0.3 is 6.03 Å². The minimum absolute atomic E-state index is 0.0744. The average molecular weight is 312 g/mol. The van der Waals surface area contributed by atoms with Crippen LogP contribution in [-0.2, 0) is 4.74 Å². The Morgan fingerprint density at radius 2 is 2.24 bits per heavy atom. The van der Waals surface area contributed by atoms with Gasteiger partial charge in [0.25, 0.3) is 0 Å². The van der Waals surface area contributed by atoms with Gasteiger partial charge in [-0.1, -0.05) is 11.6 Å². The Bertz CT molecular complexity index is 550. The van der Waals surface area contributed by atoms with Gasteiger partial charge in [0, 0.05) is 25.9 Å². The molecule has 1 aromatic carbocycles. The maximum Gasteiger partial charge on any atom is 0.321 e.